The fourth-order valence-corrected chi connectivity index (χ4v) is 1.66. The van der Waals surface area contributed by atoms with Crippen molar-refractivity contribution < 1.29 is 9.90 Å². The molecule has 102 valence electrons. The number of carbonyl (C=O) groups excluding carboxylic acids is 1. The average Bonchev–Trinajstić information content (AvgIpc) is 2.32. The molecule has 0 aliphatic rings. The van der Waals surface area contributed by atoms with Crippen LogP contribution in [0.2, 0.25) is 5.02 Å². The Labute approximate surface area is 119 Å². The number of anilines is 1. The maximum atomic E-state index is 11.7. The standard InChI is InChI=1S/C15H18ClNO2/c1-11(2)9-15(19)17-14-10-12(5-3-4-8-18)6-7-13(14)16/h6-7,10-11,18H,4,8-9H2,1-2H3,(H,17,19). The maximum absolute atomic E-state index is 11.7. The van der Waals surface area contributed by atoms with Crippen LogP contribution in [0.4, 0.5) is 5.69 Å². The average molecular weight is 280 g/mol. The van der Waals surface area contributed by atoms with Crippen LogP contribution in [0, 0.1) is 17.8 Å². The number of aliphatic hydroxyl groups is 1. The van der Waals surface area contributed by atoms with Gasteiger partial charge in [-0.2, -0.15) is 0 Å². The Morgan fingerprint density at radius 2 is 2.21 bits per heavy atom. The number of aliphatic hydroxyl groups excluding tert-OH is 1. The first kappa shape index (κ1) is 15.6. The Hall–Kier alpha value is -1.50. The smallest absolute Gasteiger partial charge is 0.224 e. The van der Waals surface area contributed by atoms with Crippen LogP contribution in [0.25, 0.3) is 0 Å². The number of halogens is 1. The molecule has 0 spiro atoms. The Bertz CT molecular complexity index is 501. The van der Waals surface area contributed by atoms with Gasteiger partial charge in [0.1, 0.15) is 0 Å². The van der Waals surface area contributed by atoms with Crippen LogP contribution >= 0.6 is 11.6 Å². The first-order valence-corrected chi connectivity index (χ1v) is 6.60. The number of hydrogen-bond donors (Lipinski definition) is 2. The van der Waals surface area contributed by atoms with Gasteiger partial charge in [0.2, 0.25) is 5.91 Å². The molecule has 0 saturated carbocycles. The molecule has 0 heterocycles. The molecule has 0 aromatic heterocycles. The molecule has 0 fully saturated rings. The van der Waals surface area contributed by atoms with Crippen molar-refractivity contribution in [1.82, 2.24) is 0 Å². The summed E-state index contributed by atoms with van der Waals surface area (Å²) in [6.07, 6.45) is 0.883. The third-order valence-corrected chi connectivity index (χ3v) is 2.63. The van der Waals surface area contributed by atoms with E-state index in [2.05, 4.69) is 17.2 Å². The first-order chi connectivity index (χ1) is 9.02. The van der Waals surface area contributed by atoms with E-state index in [1.807, 2.05) is 13.8 Å². The van der Waals surface area contributed by atoms with E-state index in [9.17, 15) is 4.79 Å². The van der Waals surface area contributed by atoms with Crippen molar-refractivity contribution in [3.05, 3.63) is 28.8 Å². The Kier molecular flexibility index (Phi) is 6.41. The molecule has 0 unspecified atom stereocenters. The Morgan fingerprint density at radius 1 is 1.47 bits per heavy atom. The molecular formula is C15H18ClNO2. The highest BCUT2D eigenvalue weighted by Gasteiger charge is 2.08. The van der Waals surface area contributed by atoms with Gasteiger partial charge in [-0.25, -0.2) is 0 Å². The third kappa shape index (κ3) is 5.78. The second-order valence-electron chi connectivity index (χ2n) is 4.62. The number of rotatable bonds is 4. The molecule has 0 aliphatic heterocycles. The summed E-state index contributed by atoms with van der Waals surface area (Å²) in [6.45, 7) is 4.01. The van der Waals surface area contributed by atoms with E-state index in [1.54, 1.807) is 18.2 Å². The van der Waals surface area contributed by atoms with Crippen molar-refractivity contribution in [2.45, 2.75) is 26.7 Å². The number of carbonyl (C=O) groups is 1. The molecule has 3 nitrogen and oxygen atoms in total. The van der Waals surface area contributed by atoms with Crippen molar-refractivity contribution in [2.75, 3.05) is 11.9 Å². The van der Waals surface area contributed by atoms with Crippen LogP contribution < -0.4 is 5.32 Å². The number of nitrogens with one attached hydrogen (secondary N) is 1. The molecule has 0 aliphatic carbocycles. The second-order valence-corrected chi connectivity index (χ2v) is 5.02. The second kappa shape index (κ2) is 7.83. The summed E-state index contributed by atoms with van der Waals surface area (Å²) >= 11 is 6.04. The molecule has 0 radical (unpaired) electrons. The molecule has 19 heavy (non-hydrogen) atoms. The molecule has 0 bridgehead atoms. The third-order valence-electron chi connectivity index (χ3n) is 2.30. The van der Waals surface area contributed by atoms with E-state index in [0.717, 1.165) is 5.56 Å². The Morgan fingerprint density at radius 3 is 2.84 bits per heavy atom. The zero-order valence-corrected chi connectivity index (χ0v) is 11.9. The van der Waals surface area contributed by atoms with Crippen LogP contribution in [0.1, 0.15) is 32.3 Å². The van der Waals surface area contributed by atoms with E-state index in [0.29, 0.717) is 29.5 Å². The lowest BCUT2D eigenvalue weighted by molar-refractivity contribution is -0.116. The topological polar surface area (TPSA) is 49.3 Å². The Balaban J connectivity index is 2.80. The zero-order chi connectivity index (χ0) is 14.3. The predicted molar refractivity (Wildman–Crippen MR) is 78.1 cm³/mol. The molecule has 1 rings (SSSR count). The summed E-state index contributed by atoms with van der Waals surface area (Å²) < 4.78 is 0. The summed E-state index contributed by atoms with van der Waals surface area (Å²) in [6, 6.07) is 5.23. The highest BCUT2D eigenvalue weighted by atomic mass is 35.5. The van der Waals surface area contributed by atoms with Gasteiger partial charge in [0.25, 0.3) is 0 Å². The maximum Gasteiger partial charge on any atom is 0.224 e. The first-order valence-electron chi connectivity index (χ1n) is 6.22. The summed E-state index contributed by atoms with van der Waals surface area (Å²) in [5, 5.41) is 11.9. The lowest BCUT2D eigenvalue weighted by atomic mass is 10.1. The van der Waals surface area contributed by atoms with E-state index >= 15 is 0 Å². The van der Waals surface area contributed by atoms with Gasteiger partial charge >= 0.3 is 0 Å². The molecule has 4 heteroatoms. The van der Waals surface area contributed by atoms with E-state index in [1.165, 1.54) is 0 Å². The van der Waals surface area contributed by atoms with Gasteiger partial charge < -0.3 is 10.4 Å². The molecule has 1 aromatic rings. The van der Waals surface area contributed by atoms with Crippen molar-refractivity contribution in [3.63, 3.8) is 0 Å². The van der Waals surface area contributed by atoms with Crippen molar-refractivity contribution in [1.29, 1.82) is 0 Å². The minimum absolute atomic E-state index is 0.0402. The molecule has 1 aromatic carbocycles. The van der Waals surface area contributed by atoms with E-state index in [4.69, 9.17) is 16.7 Å². The number of amides is 1. The lowest BCUT2D eigenvalue weighted by Gasteiger charge is -2.09. The molecule has 2 N–H and O–H groups in total. The molecule has 1 amide bonds. The highest BCUT2D eigenvalue weighted by molar-refractivity contribution is 6.33. The van der Waals surface area contributed by atoms with Crippen LogP contribution in [-0.4, -0.2) is 17.6 Å². The normalized spacial score (nSPS) is 9.95. The van der Waals surface area contributed by atoms with Gasteiger partial charge in [-0.15, -0.1) is 0 Å². The fraction of sp³-hybridized carbons (Fsp3) is 0.400. The van der Waals surface area contributed by atoms with Gasteiger partial charge in [-0.05, 0) is 24.1 Å². The van der Waals surface area contributed by atoms with Gasteiger partial charge in [0, 0.05) is 18.4 Å². The van der Waals surface area contributed by atoms with E-state index < -0.39 is 0 Å². The molecule has 0 atom stereocenters. The minimum atomic E-state index is -0.0580. The predicted octanol–water partition coefficient (Wildman–Crippen LogP) is 3.06. The van der Waals surface area contributed by atoms with Crippen molar-refractivity contribution in [2.24, 2.45) is 5.92 Å². The largest absolute Gasteiger partial charge is 0.395 e. The number of benzene rings is 1. The van der Waals surface area contributed by atoms with Crippen LogP contribution in [-0.2, 0) is 4.79 Å². The summed E-state index contributed by atoms with van der Waals surface area (Å²) in [4.78, 5) is 11.7. The van der Waals surface area contributed by atoms with Crippen LogP contribution in [0.15, 0.2) is 18.2 Å². The van der Waals surface area contributed by atoms with Gasteiger partial charge in [0.05, 0.1) is 17.3 Å². The summed E-state index contributed by atoms with van der Waals surface area (Å²) in [5.74, 6) is 5.97. The van der Waals surface area contributed by atoms with Gasteiger partial charge in [-0.1, -0.05) is 37.3 Å². The minimum Gasteiger partial charge on any atom is -0.395 e. The molecular weight excluding hydrogens is 262 g/mol. The summed E-state index contributed by atoms with van der Waals surface area (Å²) in [5.41, 5.74) is 1.33. The lowest BCUT2D eigenvalue weighted by Crippen LogP contribution is -2.14. The van der Waals surface area contributed by atoms with Crippen molar-refractivity contribution in [3.8, 4) is 11.8 Å². The van der Waals surface area contributed by atoms with Gasteiger partial charge in [0.15, 0.2) is 0 Å². The fourth-order valence-electron chi connectivity index (χ4n) is 1.49. The van der Waals surface area contributed by atoms with E-state index in [-0.39, 0.29) is 12.5 Å². The monoisotopic (exact) mass is 279 g/mol. The summed E-state index contributed by atoms with van der Waals surface area (Å²) in [7, 11) is 0. The quantitative estimate of drug-likeness (QED) is 0.832. The SMILES string of the molecule is CC(C)CC(=O)Nc1cc(C#CCCO)ccc1Cl. The zero-order valence-electron chi connectivity index (χ0n) is 11.2. The van der Waals surface area contributed by atoms with Crippen LogP contribution in [0.5, 0.6) is 0 Å². The van der Waals surface area contributed by atoms with Crippen LogP contribution in [0.3, 0.4) is 0 Å². The highest BCUT2D eigenvalue weighted by Crippen LogP contribution is 2.23. The molecule has 0 saturated heterocycles. The van der Waals surface area contributed by atoms with Crippen molar-refractivity contribution >= 4 is 23.2 Å². The van der Waals surface area contributed by atoms with Gasteiger partial charge in [-0.3, -0.25) is 4.79 Å². The number of hydrogen-bond acceptors (Lipinski definition) is 2.